The van der Waals surface area contributed by atoms with Crippen LogP contribution in [0, 0.1) is 29.1 Å². The summed E-state index contributed by atoms with van der Waals surface area (Å²) in [6.07, 6.45) is 19.7. The Kier molecular flexibility index (Phi) is 27.8. The van der Waals surface area contributed by atoms with Gasteiger partial charge in [-0.2, -0.15) is 5.26 Å². The van der Waals surface area contributed by atoms with Gasteiger partial charge in [0.2, 0.25) is 0 Å². The molecule has 5 nitrogen and oxygen atoms in total. The molecule has 0 amide bonds. The number of carboxylic acids is 1. The quantitative estimate of drug-likeness (QED) is 0.0368. The Labute approximate surface area is 466 Å². The maximum atomic E-state index is 10.4. The Morgan fingerprint density at radius 3 is 1.18 bits per heavy atom. The minimum Gasteiger partial charge on any atom is -0.477 e. The zero-order valence-corrected chi connectivity index (χ0v) is 48.9. The van der Waals surface area contributed by atoms with E-state index in [9.17, 15) is 4.79 Å². The molecule has 0 atom stereocenters. The zero-order chi connectivity index (χ0) is 52.2. The smallest absolute Gasteiger partial charge is 0.346 e. The minimum atomic E-state index is -1.20. The molecule has 0 fully saturated rings. The minimum absolute atomic E-state index is 0. The summed E-state index contributed by atoms with van der Waals surface area (Å²) in [5, 5.41) is 19.7. The fourth-order valence-corrected chi connectivity index (χ4v) is 12.0. The summed E-state index contributed by atoms with van der Waals surface area (Å²) in [5.41, 5.74) is 10.2. The molecule has 0 spiro atoms. The van der Waals surface area contributed by atoms with Gasteiger partial charge in [0, 0.05) is 60.5 Å². The van der Waals surface area contributed by atoms with Crippen LogP contribution in [0.3, 0.4) is 0 Å². The molecule has 8 rings (SSSR count). The number of carboxylic acid groups (broad SMARTS) is 1. The van der Waals surface area contributed by atoms with E-state index in [1.165, 1.54) is 98.3 Å². The van der Waals surface area contributed by atoms with Crippen molar-refractivity contribution in [2.75, 3.05) is 37.0 Å². The number of rotatable bonds is 17. The average Bonchev–Trinajstić information content (AvgIpc) is 4.16. The molecule has 6 aromatic carbocycles. The number of carbonyl (C=O) groups is 1. The molecular formula is C64H67N3O2P2PtS2+2. The number of thiophene rings is 2. The van der Waals surface area contributed by atoms with Crippen LogP contribution in [0.1, 0.15) is 67.3 Å². The van der Waals surface area contributed by atoms with Crippen molar-refractivity contribution in [3.8, 4) is 12.0 Å². The second kappa shape index (κ2) is 33.9. The predicted octanol–water partition coefficient (Wildman–Crippen LogP) is 16.2. The summed E-state index contributed by atoms with van der Waals surface area (Å²) in [4.78, 5) is 15.4. The van der Waals surface area contributed by atoms with E-state index in [-0.39, 0.29) is 26.6 Å². The van der Waals surface area contributed by atoms with Gasteiger partial charge in [-0.1, -0.05) is 114 Å². The van der Waals surface area contributed by atoms with Crippen LogP contribution in [0.4, 0.5) is 34.1 Å². The molecule has 2 heterocycles. The number of nitrogens with one attached hydrogen (secondary N) is 2. The number of hydrogen-bond donors (Lipinski definition) is 3. The van der Waals surface area contributed by atoms with Gasteiger partial charge in [-0.15, -0.1) is 38.5 Å². The fraction of sp³-hybridized carbons (Fsp3) is 0.188. The van der Waals surface area contributed by atoms with Crippen molar-refractivity contribution >= 4 is 96.3 Å². The molecule has 2 radical (unpaired) electrons. The van der Waals surface area contributed by atoms with Gasteiger partial charge >= 0.3 is 5.97 Å². The molecule has 0 aliphatic carbocycles. The van der Waals surface area contributed by atoms with Crippen LogP contribution < -0.4 is 9.80 Å². The number of para-hydroxylation sites is 4. The van der Waals surface area contributed by atoms with Crippen molar-refractivity contribution in [2.24, 2.45) is 0 Å². The Hall–Kier alpha value is -5.81. The summed E-state index contributed by atoms with van der Waals surface area (Å²) in [5.74, 6) is 1.33. The van der Waals surface area contributed by atoms with Crippen LogP contribution >= 0.6 is 38.5 Å². The third-order valence-electron chi connectivity index (χ3n) is 12.1. The SMILES string of the molecule is CCP(CC)CC.CCP(CC)CC.N#C/C(=C\c1cc[c]s1)C(=O)O.[C]#Cc1ccc(C=C(c2ccc([NH+](c3ccccc3)c3ccccc3)cc2)c2ccc([NH+](c3ccccc3)c3ccccc3)cc2)s1.[Pt]. The summed E-state index contributed by atoms with van der Waals surface area (Å²) < 4.78 is 0. The third-order valence-corrected chi connectivity index (χ3v) is 19.1. The molecule has 2 aromatic heterocycles. The van der Waals surface area contributed by atoms with Gasteiger partial charge < -0.3 is 5.11 Å². The first-order valence-corrected chi connectivity index (χ1v) is 30.3. The van der Waals surface area contributed by atoms with Gasteiger partial charge in [0.25, 0.3) is 0 Å². The van der Waals surface area contributed by atoms with Gasteiger partial charge in [0.15, 0.2) is 0 Å². The molecule has 74 heavy (non-hydrogen) atoms. The van der Waals surface area contributed by atoms with Crippen molar-refractivity contribution in [1.82, 2.24) is 0 Å². The van der Waals surface area contributed by atoms with Crippen LogP contribution in [0.15, 0.2) is 200 Å². The molecule has 0 bridgehead atoms. The number of aliphatic carboxylic acids is 1. The number of nitriles is 1. The maximum Gasteiger partial charge on any atom is 0.346 e. The Morgan fingerprint density at radius 1 is 0.541 bits per heavy atom. The monoisotopic (exact) mass is 1230 g/mol. The van der Waals surface area contributed by atoms with E-state index in [0.29, 0.717) is 20.7 Å². The van der Waals surface area contributed by atoms with Crippen LogP contribution in [0.2, 0.25) is 0 Å². The van der Waals surface area contributed by atoms with Crippen LogP contribution in [-0.2, 0) is 25.9 Å². The van der Waals surface area contributed by atoms with E-state index in [1.807, 2.05) is 6.07 Å². The van der Waals surface area contributed by atoms with Crippen molar-refractivity contribution < 1.29 is 40.8 Å². The van der Waals surface area contributed by atoms with E-state index in [2.05, 4.69) is 235 Å². The summed E-state index contributed by atoms with van der Waals surface area (Å²) in [6.45, 7) is 13.7. The van der Waals surface area contributed by atoms with Gasteiger partial charge in [-0.25, -0.2) is 14.6 Å². The number of nitrogens with zero attached hydrogens (tertiary/aromatic N) is 1. The molecular weight excluding hydrogens is 1160 g/mol. The second-order valence-corrected chi connectivity index (χ2v) is 24.9. The van der Waals surface area contributed by atoms with Crippen molar-refractivity contribution in [3.05, 3.63) is 237 Å². The second-order valence-electron chi connectivity index (χ2n) is 16.4. The van der Waals surface area contributed by atoms with Crippen molar-refractivity contribution in [3.63, 3.8) is 0 Å². The average molecular weight is 1230 g/mol. The third kappa shape index (κ3) is 18.8. The standard InChI is InChI=1S/C44H31N2S.C8H4NO2S.2C6H15P.Pt/c1-2-42-31-32-43(47-42)33-44(34-23-27-40(28-24-34)45(36-15-7-3-8-16-36)37-17-9-4-10-18-37)35-25-29-41(30-26-35)46(38-19-11-5-12-20-38)39-21-13-6-14-22-39;9-5-6(8(10)11)4-7-2-1-3-12-7;2*1-4-7(5-2)6-3;/h3-33H;1-2,4H,(H,10,11);2*4-6H2,1-3H3;/p+2/b;6-4+;;;. The van der Waals surface area contributed by atoms with E-state index < -0.39 is 5.97 Å². The number of benzene rings is 6. The fourth-order valence-electron chi connectivity index (χ4n) is 7.98. The van der Waals surface area contributed by atoms with Crippen molar-refractivity contribution in [2.45, 2.75) is 41.5 Å². The molecule has 0 unspecified atom stereocenters. The van der Waals surface area contributed by atoms with Crippen molar-refractivity contribution in [1.29, 1.82) is 5.26 Å². The molecule has 8 aromatic rings. The van der Waals surface area contributed by atoms with E-state index >= 15 is 0 Å². The molecule has 0 saturated heterocycles. The van der Waals surface area contributed by atoms with Crippen LogP contribution in [0.5, 0.6) is 0 Å². The number of quaternary nitrogens is 2. The van der Waals surface area contributed by atoms with Gasteiger partial charge in [0.1, 0.15) is 45.8 Å². The zero-order valence-electron chi connectivity index (χ0n) is 43.2. The summed E-state index contributed by atoms with van der Waals surface area (Å²) in [7, 11) is 0.892. The van der Waals surface area contributed by atoms with E-state index in [0.717, 1.165) is 26.5 Å². The first-order chi connectivity index (χ1) is 35.7. The molecule has 10 heteroatoms. The van der Waals surface area contributed by atoms with E-state index in [1.54, 1.807) is 29.5 Å². The van der Waals surface area contributed by atoms with Gasteiger partial charge in [-0.3, -0.25) is 0 Å². The maximum absolute atomic E-state index is 10.4. The largest absolute Gasteiger partial charge is 0.477 e. The molecule has 0 aliphatic rings. The normalized spacial score (nSPS) is 10.6. The topological polar surface area (TPSA) is 70.0 Å². The molecule has 380 valence electrons. The molecule has 0 saturated carbocycles. The van der Waals surface area contributed by atoms with Gasteiger partial charge in [-0.05, 0) is 175 Å². The van der Waals surface area contributed by atoms with Crippen LogP contribution in [-0.4, -0.2) is 48.0 Å². The van der Waals surface area contributed by atoms with Crippen LogP contribution in [0.25, 0.3) is 17.7 Å². The molecule has 0 aliphatic heterocycles. The first kappa shape index (κ1) is 60.7. The Morgan fingerprint density at radius 2 is 0.905 bits per heavy atom. The molecule has 3 N–H and O–H groups in total. The van der Waals surface area contributed by atoms with E-state index in [4.69, 9.17) is 16.8 Å². The first-order valence-electron chi connectivity index (χ1n) is 24.9. The predicted molar refractivity (Wildman–Crippen MR) is 318 cm³/mol. The van der Waals surface area contributed by atoms with Gasteiger partial charge in [0.05, 0.1) is 4.88 Å². The number of hydrogen-bond acceptors (Lipinski definition) is 4. The Bertz CT molecular complexity index is 2730. The Balaban J connectivity index is 0.000000360. The summed E-state index contributed by atoms with van der Waals surface area (Å²) in [6, 6.07) is 69.2. The summed E-state index contributed by atoms with van der Waals surface area (Å²) >= 11 is 2.84.